The number of nitrogens with two attached hydrogens (primary N) is 1. The Hall–Kier alpha value is -3.09. The van der Waals surface area contributed by atoms with E-state index in [-0.39, 0.29) is 11.6 Å². The number of hydrogen-bond acceptors (Lipinski definition) is 5. The maximum Gasteiger partial charge on any atom is 0.365 e. The molecule has 0 saturated heterocycles. The molecule has 8 nitrogen and oxygen atoms in total. The normalized spacial score (nSPS) is 11.7. The molecule has 4 N–H and O–H groups in total. The van der Waals surface area contributed by atoms with Crippen molar-refractivity contribution in [2.24, 2.45) is 0 Å². The van der Waals surface area contributed by atoms with Gasteiger partial charge in [-0.15, -0.1) is 5.10 Å². The van der Waals surface area contributed by atoms with Gasteiger partial charge in [0.15, 0.2) is 5.82 Å². The van der Waals surface area contributed by atoms with Crippen molar-refractivity contribution in [2.45, 2.75) is 0 Å². The summed E-state index contributed by atoms with van der Waals surface area (Å²) in [6.45, 7) is 0. The molecule has 1 atom stereocenters. The topological polar surface area (TPSA) is 119 Å². The number of benzene rings is 2. The zero-order valence-corrected chi connectivity index (χ0v) is 13.9. The van der Waals surface area contributed by atoms with Gasteiger partial charge in [0.25, 0.3) is 5.91 Å². The fourth-order valence-electron chi connectivity index (χ4n) is 2.15. The standard InChI is InChI=1S/C16H15N4O4P/c17-14-10-20(12-4-2-1-3-5-12)19-15(14)18-16(21)11-6-8-13(9-7-11)24-25(22)23/h1-10,25H,17H2,(H,22,23)(H,18,19,21). The molecule has 0 bridgehead atoms. The molecule has 1 unspecified atom stereocenters. The number of hydrogen-bond donors (Lipinski definition) is 3. The molecular formula is C16H15N4O4P. The van der Waals surface area contributed by atoms with E-state index in [1.54, 1.807) is 10.9 Å². The minimum absolute atomic E-state index is 0.204. The van der Waals surface area contributed by atoms with Crippen molar-refractivity contribution in [3.05, 3.63) is 66.4 Å². The average Bonchev–Trinajstić information content (AvgIpc) is 2.96. The SMILES string of the molecule is Nc1cn(-c2ccccc2)nc1NC(=O)c1ccc(O[PH](=O)O)cc1. The first-order chi connectivity index (χ1) is 12.0. The number of amides is 1. The number of rotatable bonds is 5. The molecule has 0 radical (unpaired) electrons. The molecule has 0 aliphatic carbocycles. The van der Waals surface area contributed by atoms with E-state index in [9.17, 15) is 9.36 Å². The van der Waals surface area contributed by atoms with Gasteiger partial charge in [-0.2, -0.15) is 0 Å². The van der Waals surface area contributed by atoms with E-state index in [0.717, 1.165) is 5.69 Å². The van der Waals surface area contributed by atoms with E-state index in [4.69, 9.17) is 10.6 Å². The molecule has 9 heteroatoms. The Bertz CT molecular complexity index is 910. The lowest BCUT2D eigenvalue weighted by Crippen LogP contribution is -2.13. The fraction of sp³-hybridized carbons (Fsp3) is 0. The first-order valence-corrected chi connectivity index (χ1v) is 8.52. The summed E-state index contributed by atoms with van der Waals surface area (Å²) in [6.07, 6.45) is 1.61. The molecule has 0 saturated carbocycles. The van der Waals surface area contributed by atoms with Crippen molar-refractivity contribution >= 4 is 25.7 Å². The Morgan fingerprint density at radius 3 is 2.48 bits per heavy atom. The summed E-state index contributed by atoms with van der Waals surface area (Å²) in [4.78, 5) is 21.0. The van der Waals surface area contributed by atoms with Gasteiger partial charge in [0.1, 0.15) is 5.75 Å². The van der Waals surface area contributed by atoms with E-state index in [2.05, 4.69) is 14.9 Å². The molecule has 0 aliphatic rings. The van der Waals surface area contributed by atoms with E-state index in [1.807, 2.05) is 30.3 Å². The molecule has 1 amide bonds. The number of nitrogens with zero attached hydrogens (tertiary/aromatic N) is 2. The Kier molecular flexibility index (Phi) is 4.83. The van der Waals surface area contributed by atoms with Gasteiger partial charge in [0.05, 0.1) is 17.6 Å². The molecule has 0 aliphatic heterocycles. The van der Waals surface area contributed by atoms with Gasteiger partial charge in [-0.25, -0.2) is 9.25 Å². The third kappa shape index (κ3) is 4.06. The van der Waals surface area contributed by atoms with Gasteiger partial charge < -0.3 is 20.5 Å². The smallest absolute Gasteiger partial charge is 0.365 e. The van der Waals surface area contributed by atoms with Crippen LogP contribution in [-0.4, -0.2) is 20.6 Å². The number of carbonyl (C=O) groups is 1. The number of aromatic nitrogens is 2. The molecule has 1 aromatic heterocycles. The molecule has 128 valence electrons. The van der Waals surface area contributed by atoms with Crippen molar-refractivity contribution in [3.8, 4) is 11.4 Å². The summed E-state index contributed by atoms with van der Waals surface area (Å²) < 4.78 is 16.9. The van der Waals surface area contributed by atoms with Crippen LogP contribution in [-0.2, 0) is 4.57 Å². The number of nitrogens with one attached hydrogen (secondary N) is 1. The number of carbonyl (C=O) groups excluding carboxylic acids is 1. The summed E-state index contributed by atoms with van der Waals surface area (Å²) >= 11 is 0. The fourth-order valence-corrected chi connectivity index (χ4v) is 2.49. The van der Waals surface area contributed by atoms with Gasteiger partial charge in [0.2, 0.25) is 0 Å². The zero-order valence-electron chi connectivity index (χ0n) is 12.9. The maximum atomic E-state index is 12.3. The molecule has 3 aromatic rings. The third-order valence-corrected chi connectivity index (χ3v) is 3.73. The largest absolute Gasteiger partial charge is 0.426 e. The number of para-hydroxylation sites is 1. The second kappa shape index (κ2) is 7.21. The molecule has 3 rings (SSSR count). The number of anilines is 2. The second-order valence-electron chi connectivity index (χ2n) is 5.06. The Labute approximate surface area is 143 Å². The van der Waals surface area contributed by atoms with Gasteiger partial charge in [-0.1, -0.05) is 18.2 Å². The highest BCUT2D eigenvalue weighted by atomic mass is 31.1. The van der Waals surface area contributed by atoms with Crippen LogP contribution in [0.3, 0.4) is 0 Å². The van der Waals surface area contributed by atoms with Crippen LogP contribution in [0.1, 0.15) is 10.4 Å². The number of nitrogen functional groups attached to an aromatic ring is 1. The van der Waals surface area contributed by atoms with Crippen molar-refractivity contribution in [2.75, 3.05) is 11.1 Å². The summed E-state index contributed by atoms with van der Waals surface area (Å²) in [5.74, 6) is 0.0404. The highest BCUT2D eigenvalue weighted by Gasteiger charge is 2.12. The molecule has 0 spiro atoms. The average molecular weight is 358 g/mol. The van der Waals surface area contributed by atoms with Gasteiger partial charge >= 0.3 is 8.25 Å². The maximum absolute atomic E-state index is 12.3. The van der Waals surface area contributed by atoms with Crippen molar-refractivity contribution in [1.82, 2.24) is 9.78 Å². The van der Waals surface area contributed by atoms with Crippen LogP contribution in [0, 0.1) is 0 Å². The van der Waals surface area contributed by atoms with Crippen molar-refractivity contribution in [1.29, 1.82) is 0 Å². The highest BCUT2D eigenvalue weighted by Crippen LogP contribution is 2.24. The van der Waals surface area contributed by atoms with Gasteiger partial charge in [0, 0.05) is 5.56 Å². The third-order valence-electron chi connectivity index (χ3n) is 3.32. The van der Waals surface area contributed by atoms with E-state index in [0.29, 0.717) is 11.3 Å². The first kappa shape index (κ1) is 16.8. The summed E-state index contributed by atoms with van der Waals surface area (Å²) in [5.41, 5.74) is 7.38. The lowest BCUT2D eigenvalue weighted by atomic mass is 10.2. The Morgan fingerprint density at radius 2 is 1.84 bits per heavy atom. The lowest BCUT2D eigenvalue weighted by molar-refractivity contribution is 0.102. The highest BCUT2D eigenvalue weighted by molar-refractivity contribution is 7.32. The first-order valence-electron chi connectivity index (χ1n) is 7.25. The van der Waals surface area contributed by atoms with Crippen LogP contribution in [0.15, 0.2) is 60.8 Å². The van der Waals surface area contributed by atoms with Gasteiger partial charge in [-0.05, 0) is 36.4 Å². The predicted molar refractivity (Wildman–Crippen MR) is 94.2 cm³/mol. The molecule has 1 heterocycles. The quantitative estimate of drug-likeness (QED) is 0.603. The minimum atomic E-state index is -3.08. The predicted octanol–water partition coefficient (Wildman–Crippen LogP) is 2.47. The van der Waals surface area contributed by atoms with Crippen LogP contribution < -0.4 is 15.6 Å². The summed E-state index contributed by atoms with van der Waals surface area (Å²) in [5, 5.41) is 6.90. The minimum Gasteiger partial charge on any atom is -0.426 e. The zero-order chi connectivity index (χ0) is 17.8. The molecular weight excluding hydrogens is 343 g/mol. The van der Waals surface area contributed by atoms with Crippen LogP contribution in [0.25, 0.3) is 5.69 Å². The summed E-state index contributed by atoms with van der Waals surface area (Å²) in [6, 6.07) is 15.2. The second-order valence-corrected chi connectivity index (χ2v) is 5.80. The van der Waals surface area contributed by atoms with E-state index in [1.165, 1.54) is 24.3 Å². The molecule has 2 aromatic carbocycles. The van der Waals surface area contributed by atoms with E-state index < -0.39 is 14.2 Å². The van der Waals surface area contributed by atoms with E-state index >= 15 is 0 Å². The van der Waals surface area contributed by atoms with Gasteiger partial charge in [-0.3, -0.25) is 4.79 Å². The molecule has 0 fully saturated rings. The monoisotopic (exact) mass is 358 g/mol. The van der Waals surface area contributed by atoms with Crippen LogP contribution in [0.2, 0.25) is 0 Å². The van der Waals surface area contributed by atoms with Crippen molar-refractivity contribution < 1.29 is 18.8 Å². The Balaban J connectivity index is 1.75. The molecule has 25 heavy (non-hydrogen) atoms. The van der Waals surface area contributed by atoms with Crippen molar-refractivity contribution in [3.63, 3.8) is 0 Å². The van der Waals surface area contributed by atoms with Crippen LogP contribution >= 0.6 is 8.25 Å². The summed E-state index contributed by atoms with van der Waals surface area (Å²) in [7, 11) is -3.08. The Morgan fingerprint density at radius 1 is 1.16 bits per heavy atom. The van der Waals surface area contributed by atoms with Crippen LogP contribution in [0.4, 0.5) is 11.5 Å². The lowest BCUT2D eigenvalue weighted by Gasteiger charge is -2.05. The van der Waals surface area contributed by atoms with Crippen LogP contribution in [0.5, 0.6) is 5.75 Å².